The first-order valence-electron chi connectivity index (χ1n) is 8.06. The van der Waals surface area contributed by atoms with E-state index in [4.69, 9.17) is 0 Å². The highest BCUT2D eigenvalue weighted by molar-refractivity contribution is 7.91. The molecule has 1 amide bonds. The lowest BCUT2D eigenvalue weighted by molar-refractivity contribution is 0.0919. The van der Waals surface area contributed by atoms with Crippen LogP contribution in [-0.2, 0) is 9.84 Å². The van der Waals surface area contributed by atoms with E-state index in [0.717, 1.165) is 25.7 Å². The first-order chi connectivity index (χ1) is 10.4. The zero-order valence-electron chi connectivity index (χ0n) is 13.3. The molecule has 0 atom stereocenters. The summed E-state index contributed by atoms with van der Waals surface area (Å²) in [4.78, 5) is 12.6. The number of hydrogen-bond acceptors (Lipinski definition) is 3. The van der Waals surface area contributed by atoms with E-state index < -0.39 is 9.84 Å². The van der Waals surface area contributed by atoms with Gasteiger partial charge in [-0.15, -0.1) is 0 Å². The molecule has 2 rings (SSSR count). The first-order valence-corrected chi connectivity index (χ1v) is 9.72. The summed E-state index contributed by atoms with van der Waals surface area (Å²) >= 11 is 0. The average Bonchev–Trinajstić information content (AvgIpc) is 2.49. The summed E-state index contributed by atoms with van der Waals surface area (Å²) in [6.07, 6.45) is 4.70. The van der Waals surface area contributed by atoms with Crippen molar-refractivity contribution in [1.29, 1.82) is 0 Å². The minimum Gasteiger partial charge on any atom is -0.349 e. The largest absolute Gasteiger partial charge is 0.349 e. The van der Waals surface area contributed by atoms with Crippen LogP contribution in [0.15, 0.2) is 29.2 Å². The maximum atomic E-state index is 12.5. The minimum atomic E-state index is -3.40. The second-order valence-electron chi connectivity index (χ2n) is 6.25. The molecule has 5 heteroatoms. The Morgan fingerprint density at radius 1 is 1.18 bits per heavy atom. The van der Waals surface area contributed by atoms with Crippen LogP contribution in [0.4, 0.5) is 0 Å². The van der Waals surface area contributed by atoms with Gasteiger partial charge in [0.15, 0.2) is 9.84 Å². The molecule has 1 saturated carbocycles. The molecule has 1 aromatic carbocycles. The monoisotopic (exact) mass is 323 g/mol. The van der Waals surface area contributed by atoms with Crippen LogP contribution in [0.1, 0.15) is 56.3 Å². The molecule has 1 aromatic rings. The van der Waals surface area contributed by atoms with Crippen molar-refractivity contribution in [3.05, 3.63) is 29.8 Å². The number of amides is 1. The second kappa shape index (κ2) is 7.27. The molecule has 0 saturated heterocycles. The van der Waals surface area contributed by atoms with E-state index in [0.29, 0.717) is 12.3 Å². The summed E-state index contributed by atoms with van der Waals surface area (Å²) in [7, 11) is -3.40. The van der Waals surface area contributed by atoms with Gasteiger partial charge in [0, 0.05) is 6.04 Å². The smallest absolute Gasteiger partial charge is 0.252 e. The predicted octanol–water partition coefficient (Wildman–Crippen LogP) is 3.18. The molecule has 1 aliphatic rings. The zero-order chi connectivity index (χ0) is 16.2. The van der Waals surface area contributed by atoms with Gasteiger partial charge in [0.2, 0.25) is 0 Å². The normalized spacial score (nSPS) is 22.3. The van der Waals surface area contributed by atoms with Gasteiger partial charge >= 0.3 is 0 Å². The Hall–Kier alpha value is -1.36. The van der Waals surface area contributed by atoms with Crippen LogP contribution < -0.4 is 5.32 Å². The third-order valence-electron chi connectivity index (χ3n) is 4.29. The average molecular weight is 323 g/mol. The maximum absolute atomic E-state index is 12.5. The Morgan fingerprint density at radius 3 is 2.45 bits per heavy atom. The van der Waals surface area contributed by atoms with E-state index in [1.807, 2.05) is 6.92 Å². The van der Waals surface area contributed by atoms with Crippen LogP contribution >= 0.6 is 0 Å². The van der Waals surface area contributed by atoms with E-state index in [2.05, 4.69) is 12.2 Å². The van der Waals surface area contributed by atoms with Gasteiger partial charge in [-0.2, -0.15) is 0 Å². The number of hydrogen-bond donors (Lipinski definition) is 1. The fourth-order valence-electron chi connectivity index (χ4n) is 2.97. The first kappa shape index (κ1) is 17.0. The van der Waals surface area contributed by atoms with Crippen LogP contribution in [-0.4, -0.2) is 26.1 Å². The molecule has 1 N–H and O–H groups in total. The van der Waals surface area contributed by atoms with Crippen molar-refractivity contribution in [2.75, 3.05) is 5.75 Å². The highest BCUT2D eigenvalue weighted by atomic mass is 32.2. The predicted molar refractivity (Wildman–Crippen MR) is 87.7 cm³/mol. The van der Waals surface area contributed by atoms with Crippen LogP contribution in [0.5, 0.6) is 0 Å². The molecule has 22 heavy (non-hydrogen) atoms. The quantitative estimate of drug-likeness (QED) is 0.905. The van der Waals surface area contributed by atoms with Crippen molar-refractivity contribution in [2.24, 2.45) is 5.92 Å². The maximum Gasteiger partial charge on any atom is 0.252 e. The number of sulfone groups is 1. The van der Waals surface area contributed by atoms with E-state index in [1.54, 1.807) is 18.2 Å². The standard InChI is InChI=1S/C17H25NO3S/c1-3-12-22(20,21)16-7-5-4-6-15(16)17(19)18-14-10-8-13(2)9-11-14/h4-7,13-14H,3,8-12H2,1-2H3,(H,18,19). The Kier molecular flexibility index (Phi) is 5.62. The lowest BCUT2D eigenvalue weighted by Gasteiger charge is -2.27. The van der Waals surface area contributed by atoms with E-state index in [-0.39, 0.29) is 28.2 Å². The zero-order valence-corrected chi connectivity index (χ0v) is 14.2. The van der Waals surface area contributed by atoms with Gasteiger partial charge in [-0.1, -0.05) is 26.0 Å². The number of benzene rings is 1. The summed E-state index contributed by atoms with van der Waals surface area (Å²) in [5.74, 6) is 0.512. The molecule has 0 aliphatic heterocycles. The molecule has 0 heterocycles. The number of rotatable bonds is 5. The minimum absolute atomic E-state index is 0.0677. The topological polar surface area (TPSA) is 63.2 Å². The Morgan fingerprint density at radius 2 is 1.82 bits per heavy atom. The number of nitrogens with one attached hydrogen (secondary N) is 1. The number of carbonyl (C=O) groups is 1. The molecule has 1 fully saturated rings. The van der Waals surface area contributed by atoms with Crippen LogP contribution in [0.2, 0.25) is 0 Å². The summed E-state index contributed by atoms with van der Waals surface area (Å²) in [6, 6.07) is 6.67. The Labute approximate surface area is 133 Å². The molecular weight excluding hydrogens is 298 g/mol. The molecule has 0 spiro atoms. The van der Waals surface area contributed by atoms with E-state index in [9.17, 15) is 13.2 Å². The summed E-state index contributed by atoms with van der Waals surface area (Å²) in [5.41, 5.74) is 0.273. The highest BCUT2D eigenvalue weighted by Crippen LogP contribution is 2.24. The van der Waals surface area contributed by atoms with Gasteiger partial charge in [-0.05, 0) is 50.2 Å². The molecule has 0 aromatic heterocycles. The van der Waals surface area contributed by atoms with Crippen molar-refractivity contribution in [1.82, 2.24) is 5.32 Å². The molecule has 0 radical (unpaired) electrons. The lowest BCUT2D eigenvalue weighted by atomic mass is 9.87. The molecular formula is C17H25NO3S. The fraction of sp³-hybridized carbons (Fsp3) is 0.588. The van der Waals surface area contributed by atoms with Crippen LogP contribution in [0, 0.1) is 5.92 Å². The SMILES string of the molecule is CCCS(=O)(=O)c1ccccc1C(=O)NC1CCC(C)CC1. The summed E-state index contributed by atoms with van der Waals surface area (Å²) < 4.78 is 24.6. The highest BCUT2D eigenvalue weighted by Gasteiger charge is 2.24. The van der Waals surface area contributed by atoms with Gasteiger partial charge in [0.25, 0.3) is 5.91 Å². The summed E-state index contributed by atoms with van der Waals surface area (Å²) in [6.45, 7) is 4.05. The van der Waals surface area contributed by atoms with Crippen LogP contribution in [0.25, 0.3) is 0 Å². The summed E-state index contributed by atoms with van der Waals surface area (Å²) in [5, 5.41) is 3.01. The lowest BCUT2D eigenvalue weighted by Crippen LogP contribution is -2.38. The number of carbonyl (C=O) groups excluding carboxylic acids is 1. The van der Waals surface area contributed by atoms with Crippen LogP contribution in [0.3, 0.4) is 0 Å². The molecule has 4 nitrogen and oxygen atoms in total. The third kappa shape index (κ3) is 4.09. The molecule has 1 aliphatic carbocycles. The van der Waals surface area contributed by atoms with Gasteiger partial charge in [-0.25, -0.2) is 8.42 Å². The van der Waals surface area contributed by atoms with Gasteiger partial charge in [0.1, 0.15) is 0 Å². The van der Waals surface area contributed by atoms with Crippen molar-refractivity contribution < 1.29 is 13.2 Å². The van der Waals surface area contributed by atoms with E-state index in [1.165, 1.54) is 6.07 Å². The third-order valence-corrected chi connectivity index (χ3v) is 6.26. The van der Waals surface area contributed by atoms with E-state index >= 15 is 0 Å². The molecule has 122 valence electrons. The van der Waals surface area contributed by atoms with Gasteiger partial charge in [-0.3, -0.25) is 4.79 Å². The second-order valence-corrected chi connectivity index (χ2v) is 8.32. The molecule has 0 bridgehead atoms. The Bertz CT molecular complexity index is 617. The molecule has 0 unspecified atom stereocenters. The van der Waals surface area contributed by atoms with Crippen molar-refractivity contribution in [3.63, 3.8) is 0 Å². The fourth-order valence-corrected chi connectivity index (χ4v) is 4.51. The van der Waals surface area contributed by atoms with Crippen molar-refractivity contribution in [3.8, 4) is 0 Å². The van der Waals surface area contributed by atoms with Crippen molar-refractivity contribution in [2.45, 2.75) is 56.9 Å². The van der Waals surface area contributed by atoms with Crippen molar-refractivity contribution >= 4 is 15.7 Å². The Balaban J connectivity index is 2.16. The van der Waals surface area contributed by atoms with Gasteiger partial charge < -0.3 is 5.32 Å². The van der Waals surface area contributed by atoms with Gasteiger partial charge in [0.05, 0.1) is 16.2 Å².